The summed E-state index contributed by atoms with van der Waals surface area (Å²) < 4.78 is 7.22. The quantitative estimate of drug-likeness (QED) is 0.673. The minimum Gasteiger partial charge on any atom is -0.483 e. The van der Waals surface area contributed by atoms with Crippen molar-refractivity contribution in [3.05, 3.63) is 27.1 Å². The molecule has 4 amide bonds. The number of urea groups is 1. The molecule has 128 valence electrons. The van der Waals surface area contributed by atoms with Gasteiger partial charge in [-0.15, -0.1) is 0 Å². The Morgan fingerprint density at radius 2 is 1.96 bits per heavy atom. The third-order valence-electron chi connectivity index (χ3n) is 4.23. The summed E-state index contributed by atoms with van der Waals surface area (Å²) in [5, 5.41) is 4.92. The largest absolute Gasteiger partial charge is 0.483 e. The summed E-state index contributed by atoms with van der Waals surface area (Å²) in [6, 6.07) is 4.97. The fourth-order valence-electron chi connectivity index (χ4n) is 2.84. The molecule has 0 bridgehead atoms. The first-order chi connectivity index (χ1) is 11.4. The van der Waals surface area contributed by atoms with Crippen LogP contribution >= 0.6 is 31.9 Å². The number of hydrogen-bond acceptors (Lipinski definition) is 4. The molecule has 0 aromatic heterocycles. The van der Waals surface area contributed by atoms with E-state index in [4.69, 9.17) is 4.74 Å². The number of ether oxygens (including phenoxy) is 1. The number of amides is 4. The molecule has 0 saturated carbocycles. The number of hydrogen-bond donors (Lipinski definition) is 2. The average molecular weight is 461 g/mol. The molecular formula is C15H15Br2N3O4. The van der Waals surface area contributed by atoms with Crippen LogP contribution in [0.25, 0.3) is 0 Å². The Morgan fingerprint density at radius 3 is 2.54 bits per heavy atom. The highest BCUT2D eigenvalue weighted by Crippen LogP contribution is 2.29. The van der Waals surface area contributed by atoms with E-state index in [9.17, 15) is 14.4 Å². The molecule has 0 radical (unpaired) electrons. The van der Waals surface area contributed by atoms with Gasteiger partial charge in [-0.2, -0.15) is 0 Å². The molecule has 2 aliphatic heterocycles. The fourth-order valence-corrected chi connectivity index (χ4v) is 4.00. The van der Waals surface area contributed by atoms with Crippen molar-refractivity contribution in [1.82, 2.24) is 15.5 Å². The molecule has 1 aromatic rings. The zero-order chi connectivity index (χ0) is 17.3. The van der Waals surface area contributed by atoms with Gasteiger partial charge in [0.05, 0.1) is 4.47 Å². The summed E-state index contributed by atoms with van der Waals surface area (Å²) in [5.41, 5.74) is -0.872. The van der Waals surface area contributed by atoms with Gasteiger partial charge in [0.1, 0.15) is 11.3 Å². The molecule has 1 aromatic carbocycles. The number of likely N-dealkylation sites (tertiary alicyclic amines) is 1. The van der Waals surface area contributed by atoms with Crippen LogP contribution in [0.5, 0.6) is 5.75 Å². The van der Waals surface area contributed by atoms with Crippen LogP contribution in [-0.4, -0.2) is 48.0 Å². The maximum Gasteiger partial charge on any atom is 0.322 e. The third-order valence-corrected chi connectivity index (χ3v) is 5.34. The van der Waals surface area contributed by atoms with E-state index >= 15 is 0 Å². The summed E-state index contributed by atoms with van der Waals surface area (Å²) in [7, 11) is 0. The normalized spacial score (nSPS) is 19.2. The zero-order valence-electron chi connectivity index (χ0n) is 12.6. The van der Waals surface area contributed by atoms with Crippen molar-refractivity contribution in [2.75, 3.05) is 19.7 Å². The second kappa shape index (κ2) is 6.72. The number of halogens is 2. The number of nitrogens with one attached hydrogen (secondary N) is 2. The van der Waals surface area contributed by atoms with E-state index in [0.717, 1.165) is 8.95 Å². The van der Waals surface area contributed by atoms with E-state index in [1.807, 2.05) is 12.1 Å². The Kier molecular flexibility index (Phi) is 4.82. The van der Waals surface area contributed by atoms with E-state index in [2.05, 4.69) is 42.5 Å². The van der Waals surface area contributed by atoms with Crippen molar-refractivity contribution < 1.29 is 19.1 Å². The van der Waals surface area contributed by atoms with Crippen LogP contribution in [0.4, 0.5) is 4.79 Å². The molecule has 3 rings (SSSR count). The molecule has 1 spiro atoms. The standard InChI is InChI=1S/C15H15Br2N3O4/c16-9-1-2-11(10(17)7-9)24-8-12(21)20-5-3-15(4-6-20)13(22)18-14(23)19-15/h1-2,7H,3-6,8H2,(H2,18,19,22,23). The Hall–Kier alpha value is -1.61. The van der Waals surface area contributed by atoms with Crippen LogP contribution in [0.3, 0.4) is 0 Å². The summed E-state index contributed by atoms with van der Waals surface area (Å²) in [4.78, 5) is 37.1. The average Bonchev–Trinajstić information content (AvgIpc) is 2.80. The molecule has 0 unspecified atom stereocenters. The van der Waals surface area contributed by atoms with Crippen LogP contribution in [0.1, 0.15) is 12.8 Å². The molecule has 2 heterocycles. The van der Waals surface area contributed by atoms with Crippen LogP contribution in [0.2, 0.25) is 0 Å². The van der Waals surface area contributed by atoms with Crippen molar-refractivity contribution in [2.24, 2.45) is 0 Å². The first-order valence-electron chi connectivity index (χ1n) is 7.39. The molecule has 9 heteroatoms. The van der Waals surface area contributed by atoms with Crippen molar-refractivity contribution in [3.63, 3.8) is 0 Å². The first-order valence-corrected chi connectivity index (χ1v) is 8.97. The third kappa shape index (κ3) is 3.41. The molecule has 0 atom stereocenters. The first kappa shape index (κ1) is 17.2. The van der Waals surface area contributed by atoms with Gasteiger partial charge in [-0.1, -0.05) is 15.9 Å². The number of nitrogens with zero attached hydrogens (tertiary/aromatic N) is 1. The lowest BCUT2D eigenvalue weighted by molar-refractivity contribution is -0.137. The molecule has 2 saturated heterocycles. The van der Waals surface area contributed by atoms with E-state index in [-0.39, 0.29) is 18.4 Å². The highest BCUT2D eigenvalue weighted by Gasteiger charge is 2.48. The highest BCUT2D eigenvalue weighted by atomic mass is 79.9. The van der Waals surface area contributed by atoms with Crippen LogP contribution in [-0.2, 0) is 9.59 Å². The van der Waals surface area contributed by atoms with Crippen molar-refractivity contribution >= 4 is 49.7 Å². The Morgan fingerprint density at radius 1 is 1.25 bits per heavy atom. The predicted octanol–water partition coefficient (Wildman–Crippen LogP) is 1.79. The minimum absolute atomic E-state index is 0.0776. The number of carbonyl (C=O) groups excluding carboxylic acids is 3. The highest BCUT2D eigenvalue weighted by molar-refractivity contribution is 9.11. The van der Waals surface area contributed by atoms with Crippen LogP contribution in [0, 0.1) is 0 Å². The van der Waals surface area contributed by atoms with Gasteiger partial charge in [0, 0.05) is 17.6 Å². The minimum atomic E-state index is -0.872. The zero-order valence-corrected chi connectivity index (χ0v) is 15.8. The molecule has 24 heavy (non-hydrogen) atoms. The van der Waals surface area contributed by atoms with E-state index in [1.165, 1.54) is 0 Å². The molecule has 2 fully saturated rings. The van der Waals surface area contributed by atoms with Gasteiger partial charge in [0.2, 0.25) is 0 Å². The smallest absolute Gasteiger partial charge is 0.322 e. The Balaban J connectivity index is 1.54. The van der Waals surface area contributed by atoms with Crippen molar-refractivity contribution in [1.29, 1.82) is 0 Å². The summed E-state index contributed by atoms with van der Waals surface area (Å²) in [6.07, 6.45) is 0.802. The van der Waals surface area contributed by atoms with Gasteiger partial charge in [0.25, 0.3) is 11.8 Å². The monoisotopic (exact) mass is 459 g/mol. The Bertz CT molecular complexity index is 702. The van der Waals surface area contributed by atoms with Crippen molar-refractivity contribution in [3.8, 4) is 5.75 Å². The van der Waals surface area contributed by atoms with Crippen LogP contribution < -0.4 is 15.4 Å². The van der Waals surface area contributed by atoms with Gasteiger partial charge in [-0.05, 0) is 47.0 Å². The summed E-state index contributed by atoms with van der Waals surface area (Å²) >= 11 is 6.74. The second-order valence-corrected chi connectivity index (χ2v) is 7.50. The number of piperidine rings is 1. The second-order valence-electron chi connectivity index (χ2n) is 5.73. The van der Waals surface area contributed by atoms with Gasteiger partial charge in [-0.25, -0.2) is 4.79 Å². The maximum atomic E-state index is 12.3. The summed E-state index contributed by atoms with van der Waals surface area (Å²) in [6.45, 7) is 0.723. The predicted molar refractivity (Wildman–Crippen MR) is 92.6 cm³/mol. The number of rotatable bonds is 3. The van der Waals surface area contributed by atoms with Gasteiger partial charge >= 0.3 is 6.03 Å². The lowest BCUT2D eigenvalue weighted by Crippen LogP contribution is -2.56. The SMILES string of the molecule is O=C1NC(=O)C2(CCN(C(=O)COc3ccc(Br)cc3Br)CC2)N1. The molecular weight excluding hydrogens is 446 g/mol. The number of benzene rings is 1. The lowest BCUT2D eigenvalue weighted by atomic mass is 9.88. The van der Waals surface area contributed by atoms with E-state index in [0.29, 0.717) is 31.7 Å². The van der Waals surface area contributed by atoms with E-state index in [1.54, 1.807) is 11.0 Å². The van der Waals surface area contributed by atoms with E-state index < -0.39 is 11.6 Å². The summed E-state index contributed by atoms with van der Waals surface area (Å²) in [5.74, 6) is 0.126. The lowest BCUT2D eigenvalue weighted by Gasteiger charge is -2.36. The molecule has 2 aliphatic rings. The topological polar surface area (TPSA) is 87.7 Å². The maximum absolute atomic E-state index is 12.3. The van der Waals surface area contributed by atoms with Gasteiger partial charge < -0.3 is 15.0 Å². The number of imide groups is 1. The molecule has 7 nitrogen and oxygen atoms in total. The fraction of sp³-hybridized carbons (Fsp3) is 0.400. The number of carbonyl (C=O) groups is 3. The molecule has 0 aliphatic carbocycles. The van der Waals surface area contributed by atoms with Crippen molar-refractivity contribution in [2.45, 2.75) is 18.4 Å². The van der Waals surface area contributed by atoms with Gasteiger partial charge in [-0.3, -0.25) is 14.9 Å². The van der Waals surface area contributed by atoms with Gasteiger partial charge in [0.15, 0.2) is 6.61 Å². The molecule has 2 N–H and O–H groups in total. The Labute approximate surface area is 155 Å². The van der Waals surface area contributed by atoms with Crippen LogP contribution in [0.15, 0.2) is 27.1 Å².